The van der Waals surface area contributed by atoms with Crippen molar-refractivity contribution in [2.24, 2.45) is 0 Å². The van der Waals surface area contributed by atoms with Crippen LogP contribution in [0.5, 0.6) is 0 Å². The number of carbonyl (C=O) groups excluding carboxylic acids is 2. The third-order valence-corrected chi connectivity index (χ3v) is 4.77. The van der Waals surface area contributed by atoms with E-state index in [0.717, 1.165) is 17.0 Å². The van der Waals surface area contributed by atoms with Crippen molar-refractivity contribution in [2.45, 2.75) is 13.5 Å². The van der Waals surface area contributed by atoms with E-state index in [1.54, 1.807) is 37.4 Å². The lowest BCUT2D eigenvalue weighted by Gasteiger charge is -2.05. The Bertz CT molecular complexity index is 961. The maximum Gasteiger partial charge on any atom is 0.325 e. The number of rotatable bonds is 5. The first-order chi connectivity index (χ1) is 13.0. The lowest BCUT2D eigenvalue weighted by atomic mass is 10.3. The fourth-order valence-corrected chi connectivity index (χ4v) is 3.31. The molecular weight excluding hydrogens is 386 g/mol. The Labute approximate surface area is 164 Å². The van der Waals surface area contributed by atoms with Crippen LogP contribution in [0.4, 0.5) is 15.6 Å². The van der Waals surface area contributed by atoms with Crippen LogP contribution in [-0.2, 0) is 6.54 Å². The Balaban J connectivity index is 1.60. The minimum atomic E-state index is -0.466. The van der Waals surface area contributed by atoms with Crippen LogP contribution in [-0.4, -0.2) is 21.9 Å². The molecule has 9 heteroatoms. The number of halogens is 1. The van der Waals surface area contributed by atoms with E-state index >= 15 is 0 Å². The third-order valence-electron chi connectivity index (χ3n) is 3.46. The zero-order chi connectivity index (χ0) is 19.2. The number of hydrogen-bond acceptors (Lipinski definition) is 5. The molecule has 0 bridgehead atoms. The van der Waals surface area contributed by atoms with Gasteiger partial charge in [-0.1, -0.05) is 35.1 Å². The van der Waals surface area contributed by atoms with Gasteiger partial charge in [-0.2, -0.15) is 0 Å². The molecule has 0 spiro atoms. The van der Waals surface area contributed by atoms with Crippen molar-refractivity contribution in [3.63, 3.8) is 0 Å². The number of anilines is 2. The van der Waals surface area contributed by atoms with Crippen LogP contribution in [0.1, 0.15) is 21.1 Å². The number of benzene rings is 1. The van der Waals surface area contributed by atoms with Crippen LogP contribution in [0.2, 0.25) is 5.02 Å². The second-order valence-corrected chi connectivity index (χ2v) is 6.96. The van der Waals surface area contributed by atoms with Crippen molar-refractivity contribution in [3.8, 4) is 0 Å². The number of aryl methyl sites for hydroxylation is 1. The number of nitrogens with one attached hydrogen (secondary N) is 3. The Morgan fingerprint density at radius 1 is 1.15 bits per heavy atom. The Morgan fingerprint density at radius 2 is 2.00 bits per heavy atom. The number of aromatic nitrogens is 2. The molecule has 1 aromatic carbocycles. The topological polar surface area (TPSA) is 96.0 Å². The van der Waals surface area contributed by atoms with Gasteiger partial charge in [-0.15, -0.1) is 0 Å². The summed E-state index contributed by atoms with van der Waals surface area (Å²) < 4.78 is 0. The summed E-state index contributed by atoms with van der Waals surface area (Å²) in [6, 6.07) is 11.8. The number of carbonyl (C=O) groups is 2. The molecule has 0 unspecified atom stereocenters. The van der Waals surface area contributed by atoms with E-state index in [4.69, 9.17) is 11.6 Å². The van der Waals surface area contributed by atoms with Crippen molar-refractivity contribution in [1.29, 1.82) is 0 Å². The van der Waals surface area contributed by atoms with E-state index in [1.807, 2.05) is 18.2 Å². The van der Waals surface area contributed by atoms with Crippen molar-refractivity contribution in [3.05, 3.63) is 69.9 Å². The molecule has 3 rings (SSSR count). The number of nitrogens with zero attached hydrogens (tertiary/aromatic N) is 2. The Kier molecular flexibility index (Phi) is 6.00. The number of urea groups is 1. The van der Waals surface area contributed by atoms with Gasteiger partial charge in [-0.3, -0.25) is 15.1 Å². The predicted octanol–water partition coefficient (Wildman–Crippen LogP) is 4.07. The molecule has 0 saturated heterocycles. The molecule has 0 saturated carbocycles. The monoisotopic (exact) mass is 401 g/mol. The number of amides is 3. The normalized spacial score (nSPS) is 10.3. The molecule has 0 aliphatic carbocycles. The van der Waals surface area contributed by atoms with Crippen LogP contribution in [0.3, 0.4) is 0 Å². The first kappa shape index (κ1) is 18.8. The number of thiazole rings is 1. The lowest BCUT2D eigenvalue weighted by molar-refractivity contribution is 0.0953. The maximum atomic E-state index is 12.4. The highest BCUT2D eigenvalue weighted by Crippen LogP contribution is 2.23. The van der Waals surface area contributed by atoms with Crippen LogP contribution >= 0.6 is 22.9 Å². The molecule has 0 atom stereocenters. The lowest BCUT2D eigenvalue weighted by Crippen LogP contribution is -2.23. The van der Waals surface area contributed by atoms with E-state index in [9.17, 15) is 9.59 Å². The Morgan fingerprint density at radius 3 is 2.74 bits per heavy atom. The average molecular weight is 402 g/mol. The summed E-state index contributed by atoms with van der Waals surface area (Å²) in [5.74, 6) is -0.265. The Hall–Kier alpha value is -2.97. The van der Waals surface area contributed by atoms with Crippen molar-refractivity contribution < 1.29 is 9.59 Å². The average Bonchev–Trinajstić information content (AvgIpc) is 3.00. The predicted molar refractivity (Wildman–Crippen MR) is 106 cm³/mol. The fourth-order valence-electron chi connectivity index (χ4n) is 2.24. The smallest absolute Gasteiger partial charge is 0.325 e. The first-order valence-corrected chi connectivity index (χ1v) is 9.20. The van der Waals surface area contributed by atoms with Gasteiger partial charge >= 0.3 is 6.03 Å². The molecule has 3 N–H and O–H groups in total. The van der Waals surface area contributed by atoms with Gasteiger partial charge in [0.1, 0.15) is 4.88 Å². The summed E-state index contributed by atoms with van der Waals surface area (Å²) in [4.78, 5) is 33.3. The van der Waals surface area contributed by atoms with Gasteiger partial charge in [0.15, 0.2) is 5.13 Å². The minimum absolute atomic E-state index is 0.265. The van der Waals surface area contributed by atoms with Gasteiger partial charge in [-0.25, -0.2) is 9.78 Å². The molecule has 2 heterocycles. The molecule has 0 aliphatic heterocycles. The molecule has 3 amide bonds. The van der Waals surface area contributed by atoms with Gasteiger partial charge < -0.3 is 10.6 Å². The summed E-state index contributed by atoms with van der Waals surface area (Å²) in [5.41, 5.74) is 1.85. The van der Waals surface area contributed by atoms with Crippen molar-refractivity contribution in [2.75, 3.05) is 10.6 Å². The highest BCUT2D eigenvalue weighted by Gasteiger charge is 2.16. The highest BCUT2D eigenvalue weighted by molar-refractivity contribution is 7.17. The van der Waals surface area contributed by atoms with Crippen LogP contribution in [0.25, 0.3) is 0 Å². The quantitative estimate of drug-likeness (QED) is 0.600. The minimum Gasteiger partial charge on any atom is -0.346 e. The zero-order valence-corrected chi connectivity index (χ0v) is 15.9. The summed E-state index contributed by atoms with van der Waals surface area (Å²) >= 11 is 6.99. The van der Waals surface area contributed by atoms with Crippen molar-refractivity contribution >= 4 is 45.7 Å². The fraction of sp³-hybridized carbons (Fsp3) is 0.111. The van der Waals surface area contributed by atoms with E-state index in [0.29, 0.717) is 33.0 Å². The molecule has 138 valence electrons. The van der Waals surface area contributed by atoms with Crippen LogP contribution in [0.15, 0.2) is 48.7 Å². The number of pyridine rings is 1. The van der Waals surface area contributed by atoms with Gasteiger partial charge in [0.05, 0.1) is 17.9 Å². The second kappa shape index (κ2) is 8.61. The molecular formula is C18H16ClN5O2S. The molecule has 0 aliphatic rings. The molecule has 0 fully saturated rings. The van der Waals surface area contributed by atoms with E-state index in [-0.39, 0.29) is 5.91 Å². The molecule has 7 nitrogen and oxygen atoms in total. The van der Waals surface area contributed by atoms with Crippen molar-refractivity contribution in [1.82, 2.24) is 15.3 Å². The molecule has 3 aromatic rings. The van der Waals surface area contributed by atoms with E-state index < -0.39 is 6.03 Å². The largest absolute Gasteiger partial charge is 0.346 e. The molecule has 27 heavy (non-hydrogen) atoms. The summed E-state index contributed by atoms with van der Waals surface area (Å²) in [6.45, 7) is 2.03. The third kappa shape index (κ3) is 5.25. The zero-order valence-electron chi connectivity index (χ0n) is 14.3. The highest BCUT2D eigenvalue weighted by atomic mass is 35.5. The first-order valence-electron chi connectivity index (χ1n) is 8.00. The summed E-state index contributed by atoms with van der Waals surface area (Å²) in [7, 11) is 0. The molecule has 0 radical (unpaired) electrons. The standard InChI is InChI=1S/C18H16ClN5O2S/c1-11-15(16(25)21-10-14-6-2-3-8-20-14)27-18(22-11)24-17(26)23-13-7-4-5-12(19)9-13/h2-9H,10H2,1H3,(H,21,25)(H2,22,23,24,26). The van der Waals surface area contributed by atoms with Gasteiger partial charge in [-0.05, 0) is 37.3 Å². The van der Waals surface area contributed by atoms with Gasteiger partial charge in [0.2, 0.25) is 0 Å². The maximum absolute atomic E-state index is 12.4. The van der Waals surface area contributed by atoms with E-state index in [2.05, 4.69) is 25.9 Å². The van der Waals surface area contributed by atoms with Gasteiger partial charge in [0, 0.05) is 16.9 Å². The number of hydrogen-bond donors (Lipinski definition) is 3. The second-order valence-electron chi connectivity index (χ2n) is 5.53. The summed E-state index contributed by atoms with van der Waals surface area (Å²) in [5, 5.41) is 8.92. The van der Waals surface area contributed by atoms with Crippen LogP contribution < -0.4 is 16.0 Å². The molecule has 2 aromatic heterocycles. The SMILES string of the molecule is Cc1nc(NC(=O)Nc2cccc(Cl)c2)sc1C(=O)NCc1ccccn1. The van der Waals surface area contributed by atoms with Crippen LogP contribution in [0, 0.1) is 6.92 Å². The van der Waals surface area contributed by atoms with Gasteiger partial charge in [0.25, 0.3) is 5.91 Å². The summed E-state index contributed by atoms with van der Waals surface area (Å²) in [6.07, 6.45) is 1.67. The van der Waals surface area contributed by atoms with E-state index in [1.165, 1.54) is 0 Å².